The summed E-state index contributed by atoms with van der Waals surface area (Å²) in [6.07, 6.45) is 6.54. The van der Waals surface area contributed by atoms with Crippen molar-refractivity contribution in [3.05, 3.63) is 10.3 Å². The van der Waals surface area contributed by atoms with Crippen LogP contribution in [0.2, 0.25) is 0 Å². The van der Waals surface area contributed by atoms with Gasteiger partial charge >= 0.3 is 0 Å². The van der Waals surface area contributed by atoms with E-state index < -0.39 is 0 Å². The van der Waals surface area contributed by atoms with Crippen LogP contribution in [-0.2, 0) is 7.05 Å². The van der Waals surface area contributed by atoms with Crippen molar-refractivity contribution in [2.75, 3.05) is 7.05 Å². The van der Waals surface area contributed by atoms with E-state index >= 15 is 0 Å². The largest absolute Gasteiger partial charge is 0.311 e. The van der Waals surface area contributed by atoms with Crippen molar-refractivity contribution in [3.63, 3.8) is 0 Å². The summed E-state index contributed by atoms with van der Waals surface area (Å²) in [5.41, 5.74) is 1.53. The summed E-state index contributed by atoms with van der Waals surface area (Å²) in [5.74, 6) is 0.717. The summed E-state index contributed by atoms with van der Waals surface area (Å²) >= 11 is 3.56. The first kappa shape index (κ1) is 15.0. The predicted octanol–water partition coefficient (Wildman–Crippen LogP) is 3.44. The summed E-state index contributed by atoms with van der Waals surface area (Å²) in [6.45, 7) is 4.65. The molecule has 1 atom stereocenters. The summed E-state index contributed by atoms with van der Waals surface area (Å²) in [6, 6.07) is 0.326. The van der Waals surface area contributed by atoms with Crippen LogP contribution in [0.5, 0.6) is 0 Å². The molecule has 0 radical (unpaired) electrons. The van der Waals surface area contributed by atoms with E-state index in [0.717, 1.165) is 4.60 Å². The van der Waals surface area contributed by atoms with Gasteiger partial charge in [0.05, 0.1) is 11.7 Å². The normalized spacial score (nSPS) is 20.1. The summed E-state index contributed by atoms with van der Waals surface area (Å²) in [4.78, 5) is 0. The maximum absolute atomic E-state index is 4.16. The van der Waals surface area contributed by atoms with Gasteiger partial charge in [-0.15, -0.1) is 5.10 Å². The van der Waals surface area contributed by atoms with Crippen LogP contribution in [0.3, 0.4) is 0 Å². The molecule has 108 valence electrons. The Bertz CT molecular complexity index is 402. The Labute approximate surface area is 124 Å². The Morgan fingerprint density at radius 2 is 2.00 bits per heavy atom. The minimum atomic E-state index is 0.326. The number of nitrogens with zero attached hydrogens (tertiary/aromatic N) is 3. The number of aromatic nitrogens is 3. The lowest BCUT2D eigenvalue weighted by atomic mass is 9.71. The molecule has 1 N–H and O–H groups in total. The molecule has 0 aromatic carbocycles. The molecule has 2 rings (SSSR count). The number of halogens is 1. The van der Waals surface area contributed by atoms with E-state index in [2.05, 4.69) is 52.5 Å². The van der Waals surface area contributed by atoms with Crippen molar-refractivity contribution in [3.8, 4) is 0 Å². The molecular weight excluding hydrogens is 304 g/mol. The first-order chi connectivity index (χ1) is 9.00. The fourth-order valence-electron chi connectivity index (χ4n) is 3.88. The minimum Gasteiger partial charge on any atom is -0.311 e. The molecule has 1 saturated carbocycles. The second-order valence-electron chi connectivity index (χ2n) is 6.28. The lowest BCUT2D eigenvalue weighted by molar-refractivity contribution is 0.155. The summed E-state index contributed by atoms with van der Waals surface area (Å²) in [5, 5.41) is 11.8. The van der Waals surface area contributed by atoms with Crippen LogP contribution < -0.4 is 5.32 Å². The van der Waals surface area contributed by atoms with Crippen molar-refractivity contribution >= 4 is 15.9 Å². The smallest absolute Gasteiger partial charge is 0.153 e. The van der Waals surface area contributed by atoms with Crippen LogP contribution in [0.15, 0.2) is 4.60 Å². The Kier molecular flexibility index (Phi) is 4.66. The van der Waals surface area contributed by atoms with E-state index in [1.165, 1.54) is 37.8 Å². The first-order valence-electron chi connectivity index (χ1n) is 7.22. The van der Waals surface area contributed by atoms with Gasteiger partial charge < -0.3 is 5.32 Å². The van der Waals surface area contributed by atoms with Crippen LogP contribution in [0, 0.1) is 11.3 Å². The molecule has 0 amide bonds. The molecule has 0 bridgehead atoms. The minimum absolute atomic E-state index is 0.326. The topological polar surface area (TPSA) is 42.7 Å². The van der Waals surface area contributed by atoms with Crippen LogP contribution in [-0.4, -0.2) is 22.0 Å². The zero-order valence-corrected chi connectivity index (χ0v) is 14.0. The second kappa shape index (κ2) is 5.92. The SMILES string of the molecule is CNC(c1c(Br)nnn1C)C1(CC(C)C)CCCC1. The fourth-order valence-corrected chi connectivity index (χ4v) is 4.44. The lowest BCUT2D eigenvalue weighted by Gasteiger charge is -2.39. The van der Waals surface area contributed by atoms with E-state index in [0.29, 0.717) is 17.4 Å². The summed E-state index contributed by atoms with van der Waals surface area (Å²) in [7, 11) is 4.04. The van der Waals surface area contributed by atoms with Gasteiger partial charge in [-0.05, 0) is 53.6 Å². The maximum Gasteiger partial charge on any atom is 0.153 e. The molecule has 1 fully saturated rings. The lowest BCUT2D eigenvalue weighted by Crippen LogP contribution is -2.37. The molecule has 1 aliphatic rings. The van der Waals surface area contributed by atoms with E-state index in [1.807, 2.05) is 11.7 Å². The molecule has 1 aliphatic carbocycles. The third kappa shape index (κ3) is 2.87. The van der Waals surface area contributed by atoms with E-state index in [4.69, 9.17) is 0 Å². The van der Waals surface area contributed by atoms with Crippen LogP contribution in [0.1, 0.15) is 57.7 Å². The molecule has 0 aliphatic heterocycles. The maximum atomic E-state index is 4.16. The Hall–Kier alpha value is -0.420. The molecule has 5 heteroatoms. The quantitative estimate of drug-likeness (QED) is 0.900. The molecular formula is C14H25BrN4. The average molecular weight is 329 g/mol. The third-order valence-electron chi connectivity index (χ3n) is 4.42. The Balaban J connectivity index is 2.38. The predicted molar refractivity (Wildman–Crippen MR) is 80.9 cm³/mol. The molecule has 0 saturated heterocycles. The Morgan fingerprint density at radius 3 is 2.42 bits per heavy atom. The highest BCUT2D eigenvalue weighted by Crippen LogP contribution is 2.52. The third-order valence-corrected chi connectivity index (χ3v) is 4.98. The van der Waals surface area contributed by atoms with Crippen molar-refractivity contribution in [1.29, 1.82) is 0 Å². The van der Waals surface area contributed by atoms with E-state index in [-0.39, 0.29) is 0 Å². The highest BCUT2D eigenvalue weighted by atomic mass is 79.9. The zero-order chi connectivity index (χ0) is 14.0. The Morgan fingerprint density at radius 1 is 1.37 bits per heavy atom. The molecule has 1 aromatic rings. The van der Waals surface area contributed by atoms with Crippen molar-refractivity contribution < 1.29 is 0 Å². The van der Waals surface area contributed by atoms with Crippen molar-refractivity contribution in [2.45, 2.75) is 52.0 Å². The van der Waals surface area contributed by atoms with Gasteiger partial charge in [0.2, 0.25) is 0 Å². The fraction of sp³-hybridized carbons (Fsp3) is 0.857. The van der Waals surface area contributed by atoms with Gasteiger partial charge in [-0.25, -0.2) is 4.68 Å². The number of hydrogen-bond donors (Lipinski definition) is 1. The van der Waals surface area contributed by atoms with Gasteiger partial charge in [0, 0.05) is 7.05 Å². The van der Waals surface area contributed by atoms with Gasteiger partial charge in [-0.3, -0.25) is 0 Å². The molecule has 0 spiro atoms. The molecule has 1 aromatic heterocycles. The molecule has 1 unspecified atom stereocenters. The van der Waals surface area contributed by atoms with Crippen LogP contribution >= 0.6 is 15.9 Å². The van der Waals surface area contributed by atoms with Gasteiger partial charge in [0.1, 0.15) is 0 Å². The molecule has 1 heterocycles. The van der Waals surface area contributed by atoms with Crippen molar-refractivity contribution in [2.24, 2.45) is 18.4 Å². The first-order valence-corrected chi connectivity index (χ1v) is 8.02. The molecule has 19 heavy (non-hydrogen) atoms. The van der Waals surface area contributed by atoms with Gasteiger partial charge in [0.15, 0.2) is 4.60 Å². The van der Waals surface area contributed by atoms with E-state index in [1.54, 1.807) is 0 Å². The summed E-state index contributed by atoms with van der Waals surface area (Å²) < 4.78 is 2.79. The highest BCUT2D eigenvalue weighted by Gasteiger charge is 2.43. The monoisotopic (exact) mass is 328 g/mol. The van der Waals surface area contributed by atoms with Crippen LogP contribution in [0.4, 0.5) is 0 Å². The number of hydrogen-bond acceptors (Lipinski definition) is 3. The number of aryl methyl sites for hydroxylation is 1. The standard InChI is InChI=1S/C14H25BrN4/c1-10(2)9-14(7-5-6-8-14)12(16-3)11-13(15)17-18-19(11)4/h10,12,16H,5-9H2,1-4H3. The highest BCUT2D eigenvalue weighted by molar-refractivity contribution is 9.10. The number of rotatable bonds is 5. The van der Waals surface area contributed by atoms with Crippen LogP contribution in [0.25, 0.3) is 0 Å². The average Bonchev–Trinajstić information content (AvgIpc) is 2.91. The van der Waals surface area contributed by atoms with Crippen molar-refractivity contribution in [1.82, 2.24) is 20.3 Å². The zero-order valence-electron chi connectivity index (χ0n) is 12.4. The molecule has 4 nitrogen and oxygen atoms in total. The van der Waals surface area contributed by atoms with E-state index in [9.17, 15) is 0 Å². The number of nitrogens with one attached hydrogen (secondary N) is 1. The van der Waals surface area contributed by atoms with Gasteiger partial charge in [-0.2, -0.15) is 0 Å². The second-order valence-corrected chi connectivity index (χ2v) is 7.03. The van der Waals surface area contributed by atoms with Gasteiger partial charge in [0.25, 0.3) is 0 Å². The van der Waals surface area contributed by atoms with Gasteiger partial charge in [-0.1, -0.05) is 31.9 Å².